The molecular formula is C28H18FN3O5. The molecular weight excluding hydrogens is 477 g/mol. The van der Waals surface area contributed by atoms with Crippen LogP contribution in [0, 0.1) is 15.9 Å². The second kappa shape index (κ2) is 9.46. The van der Waals surface area contributed by atoms with Crippen molar-refractivity contribution in [1.29, 1.82) is 0 Å². The standard InChI is InChI=1S/C28H18FN3O5/c29-20-7-3-5-17(14-20)13-19-12-11-18-6-1-2-10-23(18)24(19)16-25-26(33)30-28(35)31(27(25)34)21-8-4-9-22(15-21)32(36)37/h1-12,14-16H,13H2,(H,30,33,35)/b25-16+. The fraction of sp³-hybridized carbons (Fsp3) is 0.0357. The minimum absolute atomic E-state index is 0.0481. The molecule has 5 rings (SSSR count). The van der Waals surface area contributed by atoms with Gasteiger partial charge in [-0.2, -0.15) is 0 Å². The molecule has 0 spiro atoms. The lowest BCUT2D eigenvalue weighted by molar-refractivity contribution is -0.384. The van der Waals surface area contributed by atoms with Crippen LogP contribution in [-0.4, -0.2) is 22.8 Å². The number of anilines is 1. The lowest BCUT2D eigenvalue weighted by Gasteiger charge is -2.26. The van der Waals surface area contributed by atoms with Crippen molar-refractivity contribution in [3.05, 3.63) is 123 Å². The zero-order valence-corrected chi connectivity index (χ0v) is 19.2. The van der Waals surface area contributed by atoms with Gasteiger partial charge in [0.1, 0.15) is 11.4 Å². The highest BCUT2D eigenvalue weighted by molar-refractivity contribution is 6.39. The number of nitrogens with one attached hydrogen (secondary N) is 1. The van der Waals surface area contributed by atoms with Gasteiger partial charge in [0.2, 0.25) is 0 Å². The van der Waals surface area contributed by atoms with Gasteiger partial charge in [-0.3, -0.25) is 25.0 Å². The van der Waals surface area contributed by atoms with E-state index in [0.29, 0.717) is 22.4 Å². The second-order valence-electron chi connectivity index (χ2n) is 8.40. The summed E-state index contributed by atoms with van der Waals surface area (Å²) in [4.78, 5) is 50.1. The Morgan fingerprint density at radius 1 is 0.919 bits per heavy atom. The predicted octanol–water partition coefficient (Wildman–Crippen LogP) is 5.14. The molecule has 1 saturated heterocycles. The molecule has 0 aromatic heterocycles. The molecule has 1 fully saturated rings. The van der Waals surface area contributed by atoms with Crippen molar-refractivity contribution in [2.24, 2.45) is 0 Å². The van der Waals surface area contributed by atoms with Gasteiger partial charge >= 0.3 is 6.03 Å². The van der Waals surface area contributed by atoms with Crippen molar-refractivity contribution in [1.82, 2.24) is 5.32 Å². The zero-order chi connectivity index (χ0) is 26.1. The molecule has 0 bridgehead atoms. The third-order valence-corrected chi connectivity index (χ3v) is 6.03. The van der Waals surface area contributed by atoms with E-state index in [4.69, 9.17) is 0 Å². The van der Waals surface area contributed by atoms with Gasteiger partial charge in [0.15, 0.2) is 0 Å². The van der Waals surface area contributed by atoms with Gasteiger partial charge < -0.3 is 0 Å². The summed E-state index contributed by atoms with van der Waals surface area (Å²) in [6.07, 6.45) is 1.73. The molecule has 4 aromatic rings. The molecule has 0 unspecified atom stereocenters. The highest BCUT2D eigenvalue weighted by Gasteiger charge is 2.37. The summed E-state index contributed by atoms with van der Waals surface area (Å²) in [5.74, 6) is -2.19. The number of rotatable bonds is 5. The third-order valence-electron chi connectivity index (χ3n) is 6.03. The van der Waals surface area contributed by atoms with Crippen LogP contribution in [0.15, 0.2) is 90.5 Å². The van der Waals surface area contributed by atoms with Crippen molar-refractivity contribution >= 4 is 46.1 Å². The Kier molecular flexibility index (Phi) is 6.02. The number of nitrogens with zero attached hydrogens (tertiary/aromatic N) is 2. The van der Waals surface area contributed by atoms with Gasteiger partial charge in [-0.1, -0.05) is 54.6 Å². The number of nitro benzene ring substituents is 1. The van der Waals surface area contributed by atoms with Gasteiger partial charge in [0.05, 0.1) is 10.6 Å². The molecule has 37 heavy (non-hydrogen) atoms. The van der Waals surface area contributed by atoms with Crippen molar-refractivity contribution < 1.29 is 23.7 Å². The number of nitro groups is 1. The topological polar surface area (TPSA) is 110 Å². The molecule has 0 radical (unpaired) electrons. The molecule has 0 aliphatic carbocycles. The minimum Gasteiger partial charge on any atom is -0.273 e. The van der Waals surface area contributed by atoms with Crippen LogP contribution in [0.2, 0.25) is 0 Å². The lowest BCUT2D eigenvalue weighted by Crippen LogP contribution is -2.54. The summed E-state index contributed by atoms with van der Waals surface area (Å²) in [5, 5.41) is 15.0. The van der Waals surface area contributed by atoms with Crippen molar-refractivity contribution in [3.8, 4) is 0 Å². The van der Waals surface area contributed by atoms with E-state index in [9.17, 15) is 28.9 Å². The maximum Gasteiger partial charge on any atom is 0.335 e. The molecule has 9 heteroatoms. The third kappa shape index (κ3) is 4.57. The Balaban J connectivity index is 1.64. The van der Waals surface area contributed by atoms with Crippen LogP contribution < -0.4 is 10.2 Å². The Morgan fingerprint density at radius 3 is 2.49 bits per heavy atom. The smallest absolute Gasteiger partial charge is 0.273 e. The number of non-ortho nitro benzene ring substituents is 1. The number of fused-ring (bicyclic) bond motifs is 1. The average Bonchev–Trinajstić information content (AvgIpc) is 2.87. The van der Waals surface area contributed by atoms with Crippen molar-refractivity contribution in [2.75, 3.05) is 4.90 Å². The summed E-state index contributed by atoms with van der Waals surface area (Å²) in [5.41, 5.74) is 1.32. The summed E-state index contributed by atoms with van der Waals surface area (Å²) < 4.78 is 13.8. The summed E-state index contributed by atoms with van der Waals surface area (Å²) in [7, 11) is 0. The highest BCUT2D eigenvalue weighted by atomic mass is 19.1. The SMILES string of the molecule is O=C1NC(=O)N(c2cccc([N+](=O)[O-])c2)C(=O)/C1=C/c1c(Cc2cccc(F)c2)ccc2ccccc12. The van der Waals surface area contributed by atoms with Crippen LogP contribution in [0.5, 0.6) is 0 Å². The number of carbonyl (C=O) groups is 3. The normalized spacial score (nSPS) is 14.8. The molecule has 8 nitrogen and oxygen atoms in total. The molecule has 1 N–H and O–H groups in total. The first-order chi connectivity index (χ1) is 17.8. The summed E-state index contributed by atoms with van der Waals surface area (Å²) >= 11 is 0. The number of halogens is 1. The number of imide groups is 2. The van der Waals surface area contributed by atoms with Gasteiger partial charge in [-0.25, -0.2) is 14.1 Å². The van der Waals surface area contributed by atoms with Crippen LogP contribution in [0.3, 0.4) is 0 Å². The van der Waals surface area contributed by atoms with E-state index in [0.717, 1.165) is 22.4 Å². The Labute approximate surface area is 209 Å². The number of urea groups is 1. The van der Waals surface area contributed by atoms with Gasteiger partial charge in [-0.05, 0) is 58.2 Å². The van der Waals surface area contributed by atoms with E-state index in [1.54, 1.807) is 12.1 Å². The van der Waals surface area contributed by atoms with Crippen LogP contribution in [0.1, 0.15) is 16.7 Å². The van der Waals surface area contributed by atoms with Crippen LogP contribution in [0.25, 0.3) is 16.8 Å². The second-order valence-corrected chi connectivity index (χ2v) is 8.40. The number of hydrogen-bond acceptors (Lipinski definition) is 5. The van der Waals surface area contributed by atoms with E-state index in [1.165, 1.54) is 36.4 Å². The predicted molar refractivity (Wildman–Crippen MR) is 135 cm³/mol. The van der Waals surface area contributed by atoms with E-state index < -0.39 is 22.8 Å². The number of benzene rings is 4. The van der Waals surface area contributed by atoms with E-state index in [-0.39, 0.29) is 22.8 Å². The molecule has 182 valence electrons. The van der Waals surface area contributed by atoms with Crippen LogP contribution in [0.4, 0.5) is 20.6 Å². The van der Waals surface area contributed by atoms with Crippen LogP contribution in [-0.2, 0) is 16.0 Å². The number of barbiturate groups is 1. The molecule has 0 atom stereocenters. The Morgan fingerprint density at radius 2 is 1.70 bits per heavy atom. The van der Waals surface area contributed by atoms with E-state index >= 15 is 0 Å². The monoisotopic (exact) mass is 495 g/mol. The van der Waals surface area contributed by atoms with Crippen LogP contribution >= 0.6 is 0 Å². The Hall–Kier alpha value is -5.18. The highest BCUT2D eigenvalue weighted by Crippen LogP contribution is 2.30. The molecule has 4 aromatic carbocycles. The molecule has 4 amide bonds. The maximum atomic E-state index is 13.8. The fourth-order valence-electron chi connectivity index (χ4n) is 4.31. The lowest BCUT2D eigenvalue weighted by atomic mass is 9.92. The van der Waals surface area contributed by atoms with E-state index in [1.807, 2.05) is 36.4 Å². The average molecular weight is 495 g/mol. The first-order valence-corrected chi connectivity index (χ1v) is 11.2. The van der Waals surface area contributed by atoms with Gasteiger partial charge in [-0.15, -0.1) is 0 Å². The van der Waals surface area contributed by atoms with Gasteiger partial charge in [0.25, 0.3) is 17.5 Å². The first kappa shape index (κ1) is 23.6. The minimum atomic E-state index is -1.01. The number of amides is 4. The Bertz CT molecular complexity index is 1650. The largest absolute Gasteiger partial charge is 0.335 e. The molecule has 0 saturated carbocycles. The molecule has 1 aliphatic rings. The maximum absolute atomic E-state index is 13.8. The van der Waals surface area contributed by atoms with Crippen molar-refractivity contribution in [2.45, 2.75) is 6.42 Å². The summed E-state index contributed by atoms with van der Waals surface area (Å²) in [6.45, 7) is 0. The van der Waals surface area contributed by atoms with Crippen molar-refractivity contribution in [3.63, 3.8) is 0 Å². The molecule has 1 aliphatic heterocycles. The zero-order valence-electron chi connectivity index (χ0n) is 19.2. The van der Waals surface area contributed by atoms with E-state index in [2.05, 4.69) is 5.32 Å². The quantitative estimate of drug-likeness (QED) is 0.178. The summed E-state index contributed by atoms with van der Waals surface area (Å²) in [6, 6.07) is 21.3. The fourth-order valence-corrected chi connectivity index (χ4v) is 4.31. The number of carbonyl (C=O) groups excluding carboxylic acids is 3. The van der Waals surface area contributed by atoms with Gasteiger partial charge in [0, 0.05) is 12.1 Å². The molecule has 1 heterocycles. The number of hydrogen-bond donors (Lipinski definition) is 1. The first-order valence-electron chi connectivity index (χ1n) is 11.2.